The number of fused-ring (bicyclic) bond motifs is 1. The van der Waals surface area contributed by atoms with Crippen LogP contribution < -0.4 is 5.56 Å². The van der Waals surface area contributed by atoms with E-state index < -0.39 is 0 Å². The Morgan fingerprint density at radius 3 is 2.83 bits per heavy atom. The fourth-order valence-corrected chi connectivity index (χ4v) is 3.91. The van der Waals surface area contributed by atoms with Gasteiger partial charge in [0.05, 0.1) is 24.4 Å². The number of carbonyl (C=O) groups is 1. The van der Waals surface area contributed by atoms with Gasteiger partial charge >= 0.3 is 0 Å². The highest BCUT2D eigenvalue weighted by atomic mass is 32.2. The summed E-state index contributed by atoms with van der Waals surface area (Å²) in [7, 11) is 1.60. The van der Waals surface area contributed by atoms with E-state index in [2.05, 4.69) is 4.98 Å². The molecule has 0 fully saturated rings. The maximum absolute atomic E-state index is 12.6. The van der Waals surface area contributed by atoms with Crippen LogP contribution in [-0.4, -0.2) is 52.9 Å². The SMILES string of the molecule is CCN(CC)C(=O)CSc1nc2ccsc2c(=O)n1CCOC. The number of ether oxygens (including phenoxy) is 1. The number of thiophene rings is 1. The van der Waals surface area contributed by atoms with Gasteiger partial charge in [-0.1, -0.05) is 11.8 Å². The summed E-state index contributed by atoms with van der Waals surface area (Å²) in [6.07, 6.45) is 0. The molecule has 0 spiro atoms. The standard InChI is InChI=1S/C15H21N3O3S2/c1-4-17(5-2)12(19)10-23-15-16-11-6-9-22-13(11)14(20)18(15)7-8-21-3/h6,9H,4-5,7-8,10H2,1-3H3. The zero-order valence-corrected chi connectivity index (χ0v) is 15.2. The van der Waals surface area contributed by atoms with E-state index in [4.69, 9.17) is 4.74 Å². The summed E-state index contributed by atoms with van der Waals surface area (Å²) < 4.78 is 7.32. The van der Waals surface area contributed by atoms with Crippen molar-refractivity contribution >= 4 is 39.2 Å². The van der Waals surface area contributed by atoms with Gasteiger partial charge in [0, 0.05) is 20.2 Å². The number of carbonyl (C=O) groups excluding carboxylic acids is 1. The summed E-state index contributed by atoms with van der Waals surface area (Å²) in [4.78, 5) is 31.1. The average molecular weight is 355 g/mol. The number of amides is 1. The number of hydrogen-bond donors (Lipinski definition) is 0. The van der Waals surface area contributed by atoms with E-state index in [1.165, 1.54) is 23.1 Å². The van der Waals surface area contributed by atoms with Gasteiger partial charge < -0.3 is 9.64 Å². The third-order valence-electron chi connectivity index (χ3n) is 3.49. The molecule has 0 bridgehead atoms. The van der Waals surface area contributed by atoms with Crippen LogP contribution in [0.3, 0.4) is 0 Å². The summed E-state index contributed by atoms with van der Waals surface area (Å²) in [5.41, 5.74) is 0.617. The molecule has 0 N–H and O–H groups in total. The van der Waals surface area contributed by atoms with E-state index in [9.17, 15) is 9.59 Å². The van der Waals surface area contributed by atoms with Gasteiger partial charge in [0.25, 0.3) is 5.56 Å². The number of nitrogens with zero attached hydrogens (tertiary/aromatic N) is 3. The summed E-state index contributed by atoms with van der Waals surface area (Å²) >= 11 is 2.69. The first-order valence-corrected chi connectivity index (χ1v) is 9.36. The summed E-state index contributed by atoms with van der Waals surface area (Å²) in [6.45, 7) is 6.13. The largest absolute Gasteiger partial charge is 0.383 e. The normalized spacial score (nSPS) is 11.1. The number of rotatable bonds is 8. The Morgan fingerprint density at radius 1 is 1.43 bits per heavy atom. The molecule has 0 saturated heterocycles. The third kappa shape index (κ3) is 4.13. The van der Waals surface area contributed by atoms with Crippen molar-refractivity contribution in [1.82, 2.24) is 14.5 Å². The highest BCUT2D eigenvalue weighted by Gasteiger charge is 2.16. The van der Waals surface area contributed by atoms with Crippen LogP contribution in [0, 0.1) is 0 Å². The van der Waals surface area contributed by atoms with Crippen LogP contribution in [0.5, 0.6) is 0 Å². The molecular weight excluding hydrogens is 334 g/mol. The molecule has 2 aromatic heterocycles. The molecule has 0 aliphatic heterocycles. The van der Waals surface area contributed by atoms with Gasteiger partial charge in [-0.05, 0) is 25.3 Å². The van der Waals surface area contributed by atoms with Crippen LogP contribution in [0.15, 0.2) is 21.4 Å². The second-order valence-corrected chi connectivity index (χ2v) is 6.69. The molecule has 0 unspecified atom stereocenters. The van der Waals surface area contributed by atoms with Crippen molar-refractivity contribution in [3.63, 3.8) is 0 Å². The first-order chi connectivity index (χ1) is 11.1. The zero-order valence-electron chi connectivity index (χ0n) is 13.6. The first kappa shape index (κ1) is 18.0. The van der Waals surface area contributed by atoms with Crippen LogP contribution >= 0.6 is 23.1 Å². The number of aromatic nitrogens is 2. The molecule has 0 aliphatic rings. The molecule has 23 heavy (non-hydrogen) atoms. The van der Waals surface area contributed by atoms with E-state index in [0.29, 0.717) is 41.6 Å². The minimum atomic E-state index is -0.0696. The lowest BCUT2D eigenvalue weighted by Gasteiger charge is -2.18. The Balaban J connectivity index is 2.27. The Morgan fingerprint density at radius 2 is 2.17 bits per heavy atom. The lowest BCUT2D eigenvalue weighted by atomic mass is 10.4. The monoisotopic (exact) mass is 355 g/mol. The van der Waals surface area contributed by atoms with Crippen molar-refractivity contribution in [1.29, 1.82) is 0 Å². The molecule has 2 rings (SSSR count). The van der Waals surface area contributed by atoms with E-state index >= 15 is 0 Å². The highest BCUT2D eigenvalue weighted by Crippen LogP contribution is 2.21. The molecule has 2 aromatic rings. The van der Waals surface area contributed by atoms with Gasteiger partial charge in [-0.2, -0.15) is 0 Å². The van der Waals surface area contributed by atoms with Crippen molar-refractivity contribution in [3.05, 3.63) is 21.8 Å². The van der Waals surface area contributed by atoms with E-state index in [1.807, 2.05) is 25.3 Å². The van der Waals surface area contributed by atoms with Crippen molar-refractivity contribution in [3.8, 4) is 0 Å². The molecule has 2 heterocycles. The van der Waals surface area contributed by atoms with Gasteiger partial charge in [-0.3, -0.25) is 14.2 Å². The molecule has 126 valence electrons. The maximum atomic E-state index is 12.6. The molecule has 6 nitrogen and oxygen atoms in total. The molecule has 0 radical (unpaired) electrons. The van der Waals surface area contributed by atoms with Crippen LogP contribution in [0.1, 0.15) is 13.8 Å². The summed E-state index contributed by atoms with van der Waals surface area (Å²) in [5, 5.41) is 2.42. The molecular formula is C15H21N3O3S2. The van der Waals surface area contributed by atoms with Crippen LogP contribution in [0.4, 0.5) is 0 Å². The van der Waals surface area contributed by atoms with Crippen molar-refractivity contribution in [2.45, 2.75) is 25.5 Å². The Hall–Kier alpha value is -1.38. The average Bonchev–Trinajstić information content (AvgIpc) is 3.02. The number of thioether (sulfide) groups is 1. The first-order valence-electron chi connectivity index (χ1n) is 7.49. The minimum absolute atomic E-state index is 0.0537. The van der Waals surface area contributed by atoms with Gasteiger partial charge in [-0.25, -0.2) is 4.98 Å². The predicted octanol–water partition coefficient (Wildman–Crippen LogP) is 2.06. The molecule has 0 saturated carbocycles. The fourth-order valence-electron chi connectivity index (χ4n) is 2.21. The fraction of sp³-hybridized carbons (Fsp3) is 0.533. The van der Waals surface area contributed by atoms with Gasteiger partial charge in [0.1, 0.15) is 4.70 Å². The van der Waals surface area contributed by atoms with Crippen molar-refractivity contribution in [2.75, 3.05) is 32.6 Å². The van der Waals surface area contributed by atoms with Gasteiger partial charge in [0.2, 0.25) is 5.91 Å². The van der Waals surface area contributed by atoms with Crippen molar-refractivity contribution < 1.29 is 9.53 Å². The Bertz CT molecular complexity index is 722. The number of hydrogen-bond acceptors (Lipinski definition) is 6. The summed E-state index contributed by atoms with van der Waals surface area (Å²) in [5.74, 6) is 0.328. The van der Waals surface area contributed by atoms with Crippen LogP contribution in [0.25, 0.3) is 10.2 Å². The highest BCUT2D eigenvalue weighted by molar-refractivity contribution is 7.99. The molecule has 1 amide bonds. The van der Waals surface area contributed by atoms with Gasteiger partial charge in [-0.15, -0.1) is 11.3 Å². The molecule has 0 aliphatic carbocycles. The lowest BCUT2D eigenvalue weighted by molar-refractivity contribution is -0.127. The van der Waals surface area contributed by atoms with Crippen LogP contribution in [0.2, 0.25) is 0 Å². The minimum Gasteiger partial charge on any atom is -0.383 e. The topological polar surface area (TPSA) is 64.4 Å². The lowest BCUT2D eigenvalue weighted by Crippen LogP contribution is -2.32. The van der Waals surface area contributed by atoms with Crippen molar-refractivity contribution in [2.24, 2.45) is 0 Å². The third-order valence-corrected chi connectivity index (χ3v) is 5.34. The Labute approximate surface area is 143 Å². The second kappa shape index (κ2) is 8.47. The van der Waals surface area contributed by atoms with E-state index in [1.54, 1.807) is 16.6 Å². The molecule has 0 atom stereocenters. The maximum Gasteiger partial charge on any atom is 0.272 e. The van der Waals surface area contributed by atoms with E-state index in [-0.39, 0.29) is 17.2 Å². The quantitative estimate of drug-likeness (QED) is 0.536. The smallest absolute Gasteiger partial charge is 0.272 e. The summed E-state index contributed by atoms with van der Waals surface area (Å²) in [6, 6.07) is 1.83. The molecule has 0 aromatic carbocycles. The predicted molar refractivity (Wildman–Crippen MR) is 94.4 cm³/mol. The van der Waals surface area contributed by atoms with Crippen LogP contribution in [-0.2, 0) is 16.1 Å². The number of methoxy groups -OCH3 is 1. The molecule has 8 heteroatoms. The van der Waals surface area contributed by atoms with E-state index in [0.717, 1.165) is 0 Å². The zero-order chi connectivity index (χ0) is 16.8. The van der Waals surface area contributed by atoms with Gasteiger partial charge in [0.15, 0.2) is 5.16 Å². The Kier molecular flexibility index (Phi) is 6.61. The second-order valence-electron chi connectivity index (χ2n) is 4.83.